The first kappa shape index (κ1) is 9.74. The molecule has 0 aliphatic heterocycles. The highest BCUT2D eigenvalue weighted by Crippen LogP contribution is 2.69. The second-order valence-corrected chi connectivity index (χ2v) is 5.63. The van der Waals surface area contributed by atoms with Crippen molar-refractivity contribution in [3.05, 3.63) is 0 Å². The Hall–Kier alpha value is -0.460. The summed E-state index contributed by atoms with van der Waals surface area (Å²) in [6.07, 6.45) is 0.365. The molecule has 84 valence electrons. The first-order valence-electron chi connectivity index (χ1n) is 5.16. The lowest BCUT2D eigenvalue weighted by Gasteiger charge is -2.13. The van der Waals surface area contributed by atoms with Crippen molar-refractivity contribution in [1.29, 1.82) is 0 Å². The number of rotatable bonds is 4. The lowest BCUT2D eigenvalue weighted by atomic mass is 10.1. The number of Topliss-reactive ketones (excluding diaryl/α,β-unsaturated/α-hetero) is 1. The third-order valence-corrected chi connectivity index (χ3v) is 4.70. The Morgan fingerprint density at radius 2 is 2.20 bits per heavy atom. The van der Waals surface area contributed by atoms with Crippen molar-refractivity contribution in [3.8, 4) is 0 Å². The van der Waals surface area contributed by atoms with Crippen LogP contribution in [0.4, 0.5) is 0 Å². The average molecular weight is 232 g/mol. The maximum absolute atomic E-state index is 11.5. The van der Waals surface area contributed by atoms with Crippen LogP contribution in [0.2, 0.25) is 0 Å². The summed E-state index contributed by atoms with van der Waals surface area (Å²) >= 11 is 0. The Morgan fingerprint density at radius 1 is 1.47 bits per heavy atom. The van der Waals surface area contributed by atoms with Gasteiger partial charge in [-0.1, -0.05) is 0 Å². The molecule has 4 aliphatic rings. The summed E-state index contributed by atoms with van der Waals surface area (Å²) in [5.74, 6) is 0.640. The lowest BCUT2D eigenvalue weighted by molar-refractivity contribution is -0.121. The molecule has 0 spiro atoms. The molecular formula is C9H12O5S. The van der Waals surface area contributed by atoms with Crippen LogP contribution in [0.25, 0.3) is 0 Å². The third kappa shape index (κ3) is 1.21. The quantitative estimate of drug-likeness (QED) is 0.688. The third-order valence-electron chi connectivity index (χ3n) is 3.72. The highest BCUT2D eigenvalue weighted by atomic mass is 32.3. The Balaban J connectivity index is 1.74. The maximum Gasteiger partial charge on any atom is 0.400 e. The fourth-order valence-corrected chi connectivity index (χ4v) is 4.09. The molecule has 6 heteroatoms. The predicted molar refractivity (Wildman–Crippen MR) is 49.0 cm³/mol. The molecule has 0 N–H and O–H groups in total. The highest BCUT2D eigenvalue weighted by molar-refractivity contribution is 7.81. The van der Waals surface area contributed by atoms with Gasteiger partial charge in [-0.2, -0.15) is 8.42 Å². The minimum Gasteiger partial charge on any atom is -0.299 e. The molecule has 5 atom stereocenters. The molecule has 4 bridgehead atoms. The molecule has 15 heavy (non-hydrogen) atoms. The van der Waals surface area contributed by atoms with Gasteiger partial charge in [0.25, 0.3) is 0 Å². The van der Waals surface area contributed by atoms with Gasteiger partial charge in [-0.05, 0) is 19.3 Å². The molecule has 0 radical (unpaired) electrons. The summed E-state index contributed by atoms with van der Waals surface area (Å²) in [6, 6.07) is 0. The molecule has 0 aromatic heterocycles. The first-order chi connectivity index (χ1) is 7.05. The first-order valence-corrected chi connectivity index (χ1v) is 6.50. The Labute approximate surface area is 88.1 Å². The number of ketones is 1. The van der Waals surface area contributed by atoms with E-state index in [2.05, 4.69) is 4.18 Å². The minimum absolute atomic E-state index is 0.0607. The standard InChI is InChI=1S/C9H12O5S/c1-2-13-15(11,12)14-9-5-3-4-6(7(4)9)8(5)10/h4-7,9H,2-3H2,1H3/t4-,5+,6?,7?,9-/m0/s1. The van der Waals surface area contributed by atoms with E-state index in [0.29, 0.717) is 5.92 Å². The molecule has 0 heterocycles. The second-order valence-electron chi connectivity index (χ2n) is 4.39. The van der Waals surface area contributed by atoms with Gasteiger partial charge >= 0.3 is 10.4 Å². The SMILES string of the molecule is CCOS(=O)(=O)O[C@@H]1C2C3C(=O)[C@H]1C[C@@H]32. The molecule has 0 saturated heterocycles. The fourth-order valence-electron chi connectivity index (χ4n) is 3.21. The predicted octanol–water partition coefficient (Wildman–Crippen LogP) is 0.118. The number of carbonyl (C=O) groups excluding carboxylic acids is 1. The van der Waals surface area contributed by atoms with Crippen molar-refractivity contribution in [2.75, 3.05) is 6.61 Å². The number of carbonyl (C=O) groups is 1. The molecule has 0 aromatic carbocycles. The van der Waals surface area contributed by atoms with Gasteiger partial charge < -0.3 is 0 Å². The van der Waals surface area contributed by atoms with Crippen LogP contribution in [0.5, 0.6) is 0 Å². The zero-order valence-corrected chi connectivity index (χ0v) is 9.07. The van der Waals surface area contributed by atoms with Gasteiger partial charge in [-0.3, -0.25) is 4.79 Å². The van der Waals surface area contributed by atoms with Crippen molar-refractivity contribution in [2.45, 2.75) is 19.4 Å². The number of hydrogen-bond acceptors (Lipinski definition) is 5. The zero-order chi connectivity index (χ0) is 10.8. The summed E-state index contributed by atoms with van der Waals surface area (Å²) in [7, 11) is -3.90. The van der Waals surface area contributed by atoms with E-state index in [-0.39, 0.29) is 30.1 Å². The van der Waals surface area contributed by atoms with Gasteiger partial charge in [0.15, 0.2) is 0 Å². The fraction of sp³-hybridized carbons (Fsp3) is 0.889. The van der Waals surface area contributed by atoms with Crippen molar-refractivity contribution in [1.82, 2.24) is 0 Å². The van der Waals surface area contributed by atoms with E-state index in [1.807, 2.05) is 0 Å². The van der Waals surface area contributed by atoms with Crippen LogP contribution in [-0.2, 0) is 23.6 Å². The van der Waals surface area contributed by atoms with Crippen LogP contribution in [0.3, 0.4) is 0 Å². The van der Waals surface area contributed by atoms with E-state index >= 15 is 0 Å². The molecule has 4 saturated carbocycles. The van der Waals surface area contributed by atoms with Gasteiger partial charge in [-0.15, -0.1) is 0 Å². The highest BCUT2D eigenvalue weighted by Gasteiger charge is 2.75. The molecule has 0 amide bonds. The van der Waals surface area contributed by atoms with E-state index in [1.54, 1.807) is 6.92 Å². The summed E-state index contributed by atoms with van der Waals surface area (Å²) in [5, 5.41) is 0. The van der Waals surface area contributed by atoms with Crippen LogP contribution in [-0.4, -0.2) is 26.9 Å². The molecule has 4 fully saturated rings. The molecule has 4 aliphatic carbocycles. The number of hydrogen-bond donors (Lipinski definition) is 0. The van der Waals surface area contributed by atoms with E-state index in [9.17, 15) is 13.2 Å². The van der Waals surface area contributed by atoms with E-state index in [4.69, 9.17) is 4.18 Å². The van der Waals surface area contributed by atoms with Gasteiger partial charge in [0.2, 0.25) is 0 Å². The molecule has 5 nitrogen and oxygen atoms in total. The van der Waals surface area contributed by atoms with E-state index in [1.165, 1.54) is 0 Å². The van der Waals surface area contributed by atoms with Gasteiger partial charge in [0, 0.05) is 17.8 Å². The lowest BCUT2D eigenvalue weighted by Crippen LogP contribution is -2.25. The van der Waals surface area contributed by atoms with E-state index < -0.39 is 16.5 Å². The Kier molecular flexibility index (Phi) is 1.82. The minimum atomic E-state index is -3.90. The molecule has 4 rings (SSSR count). The average Bonchev–Trinajstić information content (AvgIpc) is 2.45. The summed E-state index contributed by atoms with van der Waals surface area (Å²) in [5.41, 5.74) is 0. The van der Waals surface area contributed by atoms with Crippen molar-refractivity contribution in [3.63, 3.8) is 0 Å². The summed E-state index contributed by atoms with van der Waals surface area (Å²) < 4.78 is 32.0. The van der Waals surface area contributed by atoms with Crippen LogP contribution in [0, 0.1) is 23.7 Å². The largest absolute Gasteiger partial charge is 0.400 e. The normalized spacial score (nSPS) is 46.2. The van der Waals surface area contributed by atoms with Crippen molar-refractivity contribution >= 4 is 16.2 Å². The van der Waals surface area contributed by atoms with Crippen LogP contribution >= 0.6 is 0 Å². The van der Waals surface area contributed by atoms with Crippen molar-refractivity contribution in [2.24, 2.45) is 23.7 Å². The molecular weight excluding hydrogens is 220 g/mol. The van der Waals surface area contributed by atoms with Crippen LogP contribution in [0.1, 0.15) is 13.3 Å². The zero-order valence-electron chi connectivity index (χ0n) is 8.25. The molecule has 2 unspecified atom stereocenters. The van der Waals surface area contributed by atoms with E-state index in [0.717, 1.165) is 6.42 Å². The van der Waals surface area contributed by atoms with Gasteiger partial charge in [0.05, 0.1) is 12.7 Å². The Morgan fingerprint density at radius 3 is 2.60 bits per heavy atom. The summed E-state index contributed by atoms with van der Waals surface area (Å²) in [6.45, 7) is 1.64. The maximum atomic E-state index is 11.5. The Bertz CT molecular complexity index is 414. The topological polar surface area (TPSA) is 69.7 Å². The second kappa shape index (κ2) is 2.81. The summed E-state index contributed by atoms with van der Waals surface area (Å²) in [4.78, 5) is 11.5. The van der Waals surface area contributed by atoms with Gasteiger partial charge in [-0.25, -0.2) is 8.37 Å². The van der Waals surface area contributed by atoms with Gasteiger partial charge in [0.1, 0.15) is 5.78 Å². The van der Waals surface area contributed by atoms with Crippen LogP contribution in [0.15, 0.2) is 0 Å². The molecule has 0 aromatic rings. The van der Waals surface area contributed by atoms with Crippen LogP contribution < -0.4 is 0 Å². The smallest absolute Gasteiger partial charge is 0.299 e. The monoisotopic (exact) mass is 232 g/mol. The van der Waals surface area contributed by atoms with Crippen molar-refractivity contribution < 1.29 is 21.6 Å².